The van der Waals surface area contributed by atoms with Crippen LogP contribution in [0.2, 0.25) is 0 Å². The number of carbonyl (C=O) groups excluding carboxylic acids is 1. The van der Waals surface area contributed by atoms with E-state index in [-0.39, 0.29) is 5.91 Å². The molecule has 26 heavy (non-hydrogen) atoms. The van der Waals surface area contributed by atoms with Gasteiger partial charge >= 0.3 is 0 Å². The zero-order chi connectivity index (χ0) is 18.3. The highest BCUT2D eigenvalue weighted by Gasteiger charge is 2.26. The van der Waals surface area contributed by atoms with Gasteiger partial charge in [-0.3, -0.25) is 9.69 Å². The van der Waals surface area contributed by atoms with Gasteiger partial charge in [0.15, 0.2) is 0 Å². The first-order chi connectivity index (χ1) is 12.5. The molecule has 0 atom stereocenters. The molecule has 0 aliphatic carbocycles. The molecule has 1 aromatic heterocycles. The summed E-state index contributed by atoms with van der Waals surface area (Å²) in [5.74, 6) is 0.193. The largest absolute Gasteiger partial charge is 0.350 e. The van der Waals surface area contributed by atoms with E-state index < -0.39 is 5.82 Å². The van der Waals surface area contributed by atoms with E-state index in [0.29, 0.717) is 24.2 Å². The number of benzene rings is 1. The van der Waals surface area contributed by atoms with Crippen LogP contribution in [0.1, 0.15) is 10.4 Å². The van der Waals surface area contributed by atoms with Crippen LogP contribution in [0, 0.1) is 5.82 Å². The molecule has 0 unspecified atom stereocenters. The molecule has 7 nitrogen and oxygen atoms in total. The number of likely N-dealkylation sites (N-methyl/N-ethyl adjacent to an activating group) is 1. The number of nitrogens with one attached hydrogen (secondary N) is 1. The van der Waals surface area contributed by atoms with Crippen LogP contribution in [0.15, 0.2) is 12.1 Å². The lowest BCUT2D eigenvalue weighted by molar-refractivity contribution is 0.0956. The molecule has 0 bridgehead atoms. The molecular formula is C18H25FN6O. The minimum Gasteiger partial charge on any atom is -0.350 e. The van der Waals surface area contributed by atoms with Gasteiger partial charge in [-0.15, -0.1) is 0 Å². The Morgan fingerprint density at radius 3 is 2.69 bits per heavy atom. The number of halogens is 1. The normalized spacial score (nSPS) is 18.5. The summed E-state index contributed by atoms with van der Waals surface area (Å²) in [7, 11) is 4.18. The zero-order valence-electron chi connectivity index (χ0n) is 15.3. The Morgan fingerprint density at radius 2 is 1.96 bits per heavy atom. The predicted octanol–water partition coefficient (Wildman–Crippen LogP) is 0.602. The molecule has 3 heterocycles. The summed E-state index contributed by atoms with van der Waals surface area (Å²) in [5, 5.41) is 2.84. The number of imidazole rings is 1. The highest BCUT2D eigenvalue weighted by Crippen LogP contribution is 2.28. The maximum atomic E-state index is 13.9. The molecule has 2 aromatic rings. The standard InChI is InChI=1S/C18H25FN6O/c1-22(2)5-6-23-7-9-24(10-8-23)18-21-15-12-13(19)11-14-16(15)25(18)4-3-20-17(14)26/h11-12H,3-10H2,1-2H3,(H,20,26). The number of rotatable bonds is 4. The second kappa shape index (κ2) is 6.85. The monoisotopic (exact) mass is 360 g/mol. The van der Waals surface area contributed by atoms with E-state index in [1.807, 2.05) is 0 Å². The molecule has 0 radical (unpaired) electrons. The number of hydrogen-bond donors (Lipinski definition) is 1. The van der Waals surface area contributed by atoms with Gasteiger partial charge in [0.25, 0.3) is 5.91 Å². The summed E-state index contributed by atoms with van der Waals surface area (Å²) in [4.78, 5) is 23.8. The number of piperazine rings is 1. The molecule has 2 aliphatic rings. The molecule has 8 heteroatoms. The highest BCUT2D eigenvalue weighted by molar-refractivity contribution is 6.06. The first kappa shape index (κ1) is 17.2. The van der Waals surface area contributed by atoms with Gasteiger partial charge < -0.3 is 19.7 Å². The van der Waals surface area contributed by atoms with E-state index in [0.717, 1.165) is 50.7 Å². The molecule has 140 valence electrons. The van der Waals surface area contributed by atoms with Gasteiger partial charge in [0.2, 0.25) is 5.95 Å². The predicted molar refractivity (Wildman–Crippen MR) is 99.2 cm³/mol. The van der Waals surface area contributed by atoms with Crippen LogP contribution in [-0.2, 0) is 6.54 Å². The van der Waals surface area contributed by atoms with Crippen LogP contribution in [0.4, 0.5) is 10.3 Å². The quantitative estimate of drug-likeness (QED) is 0.866. The van der Waals surface area contributed by atoms with Gasteiger partial charge in [0.1, 0.15) is 5.82 Å². The lowest BCUT2D eigenvalue weighted by atomic mass is 10.1. The molecule has 1 aromatic carbocycles. The second-order valence-electron chi connectivity index (χ2n) is 7.27. The number of hydrogen-bond acceptors (Lipinski definition) is 5. The van der Waals surface area contributed by atoms with Gasteiger partial charge in [0, 0.05) is 58.4 Å². The maximum Gasteiger partial charge on any atom is 0.253 e. The van der Waals surface area contributed by atoms with E-state index in [1.54, 1.807) is 0 Å². The fraction of sp³-hybridized carbons (Fsp3) is 0.556. The van der Waals surface area contributed by atoms with Crippen molar-refractivity contribution < 1.29 is 9.18 Å². The minimum atomic E-state index is -0.422. The van der Waals surface area contributed by atoms with Crippen molar-refractivity contribution in [2.24, 2.45) is 0 Å². The average molecular weight is 360 g/mol. The fourth-order valence-electron chi connectivity index (χ4n) is 3.74. The lowest BCUT2D eigenvalue weighted by Crippen LogP contribution is -2.48. The number of carbonyl (C=O) groups is 1. The van der Waals surface area contributed by atoms with Crippen LogP contribution in [-0.4, -0.2) is 85.2 Å². The minimum absolute atomic E-state index is 0.229. The number of nitrogens with zero attached hydrogens (tertiary/aromatic N) is 5. The third-order valence-electron chi connectivity index (χ3n) is 5.17. The summed E-state index contributed by atoms with van der Waals surface area (Å²) < 4.78 is 16.0. The SMILES string of the molecule is CN(C)CCN1CCN(c2nc3cc(F)cc4c3n2CCNC4=O)CC1. The Kier molecular flexibility index (Phi) is 4.54. The zero-order valence-corrected chi connectivity index (χ0v) is 15.3. The lowest BCUT2D eigenvalue weighted by Gasteiger charge is -2.35. The van der Waals surface area contributed by atoms with E-state index >= 15 is 0 Å². The number of anilines is 1. The van der Waals surface area contributed by atoms with Crippen molar-refractivity contribution in [3.8, 4) is 0 Å². The van der Waals surface area contributed by atoms with Gasteiger partial charge in [-0.25, -0.2) is 9.37 Å². The third-order valence-corrected chi connectivity index (χ3v) is 5.17. The summed E-state index contributed by atoms with van der Waals surface area (Å²) >= 11 is 0. The molecule has 0 saturated carbocycles. The van der Waals surface area contributed by atoms with Crippen LogP contribution >= 0.6 is 0 Å². The molecule has 1 saturated heterocycles. The highest BCUT2D eigenvalue weighted by atomic mass is 19.1. The van der Waals surface area contributed by atoms with Gasteiger partial charge in [-0.05, 0) is 20.2 Å². The van der Waals surface area contributed by atoms with Gasteiger partial charge in [-0.2, -0.15) is 0 Å². The number of amides is 1. The van der Waals surface area contributed by atoms with Crippen molar-refractivity contribution in [2.75, 3.05) is 64.8 Å². The summed E-state index contributed by atoms with van der Waals surface area (Å²) in [5.41, 5.74) is 1.68. The number of aromatic nitrogens is 2. The molecule has 1 N–H and O–H groups in total. The van der Waals surface area contributed by atoms with Crippen LogP contribution < -0.4 is 10.2 Å². The van der Waals surface area contributed by atoms with E-state index in [4.69, 9.17) is 0 Å². The summed E-state index contributed by atoms with van der Waals surface area (Å²) in [6.45, 7) is 7.02. The van der Waals surface area contributed by atoms with Crippen molar-refractivity contribution in [3.63, 3.8) is 0 Å². The van der Waals surface area contributed by atoms with Gasteiger partial charge in [-0.1, -0.05) is 0 Å². The Hall–Kier alpha value is -2.19. The van der Waals surface area contributed by atoms with Crippen LogP contribution in [0.25, 0.3) is 11.0 Å². The average Bonchev–Trinajstić information content (AvgIpc) is 2.88. The molecule has 2 aliphatic heterocycles. The Balaban J connectivity index is 1.61. The summed E-state index contributed by atoms with van der Waals surface area (Å²) in [6.07, 6.45) is 0. The van der Waals surface area contributed by atoms with Crippen molar-refractivity contribution in [1.29, 1.82) is 0 Å². The Labute approximate surface area is 152 Å². The molecule has 0 spiro atoms. The van der Waals surface area contributed by atoms with Crippen molar-refractivity contribution in [3.05, 3.63) is 23.5 Å². The maximum absolute atomic E-state index is 13.9. The van der Waals surface area contributed by atoms with E-state index in [9.17, 15) is 9.18 Å². The van der Waals surface area contributed by atoms with Crippen LogP contribution in [0.5, 0.6) is 0 Å². The second-order valence-corrected chi connectivity index (χ2v) is 7.27. The van der Waals surface area contributed by atoms with E-state index in [2.05, 4.69) is 43.7 Å². The fourth-order valence-corrected chi connectivity index (χ4v) is 3.74. The first-order valence-electron chi connectivity index (χ1n) is 9.13. The van der Waals surface area contributed by atoms with Crippen molar-refractivity contribution in [1.82, 2.24) is 24.7 Å². The smallest absolute Gasteiger partial charge is 0.253 e. The molecule has 1 fully saturated rings. The van der Waals surface area contributed by atoms with Crippen LogP contribution in [0.3, 0.4) is 0 Å². The van der Waals surface area contributed by atoms with E-state index in [1.165, 1.54) is 12.1 Å². The van der Waals surface area contributed by atoms with Gasteiger partial charge in [0.05, 0.1) is 16.6 Å². The summed E-state index contributed by atoms with van der Waals surface area (Å²) in [6, 6.07) is 2.73. The molecule has 4 rings (SSSR count). The Bertz CT molecular complexity index is 825. The molecular weight excluding hydrogens is 335 g/mol. The Morgan fingerprint density at radius 1 is 1.19 bits per heavy atom. The van der Waals surface area contributed by atoms with Crippen molar-refractivity contribution in [2.45, 2.75) is 6.54 Å². The first-order valence-corrected chi connectivity index (χ1v) is 9.13. The molecule has 1 amide bonds. The third kappa shape index (κ3) is 3.14. The van der Waals surface area contributed by atoms with Crippen molar-refractivity contribution >= 4 is 22.9 Å². The topological polar surface area (TPSA) is 56.6 Å².